The number of nitrogens with one attached hydrogen (secondary N) is 1. The van der Waals surface area contributed by atoms with E-state index in [0.717, 1.165) is 43.9 Å². The first-order chi connectivity index (χ1) is 11.8. The van der Waals surface area contributed by atoms with Crippen LogP contribution in [0.4, 0.5) is 0 Å². The van der Waals surface area contributed by atoms with E-state index in [1.807, 2.05) is 12.1 Å². The number of aromatic nitrogens is 1. The third-order valence-corrected chi connectivity index (χ3v) is 4.17. The molecule has 24 heavy (non-hydrogen) atoms. The average molecular weight is 334 g/mol. The molecule has 0 radical (unpaired) electrons. The molecular weight excluding hydrogens is 304 g/mol. The van der Waals surface area contributed by atoms with E-state index < -0.39 is 0 Å². The van der Waals surface area contributed by atoms with Gasteiger partial charge in [-0.3, -0.25) is 4.98 Å². The zero-order valence-electron chi connectivity index (χ0n) is 14.9. The van der Waals surface area contributed by atoms with Crippen molar-refractivity contribution in [2.24, 2.45) is 10.9 Å². The van der Waals surface area contributed by atoms with Gasteiger partial charge in [0.25, 0.3) is 0 Å². The first kappa shape index (κ1) is 18.5. The molecule has 1 aliphatic heterocycles. The normalized spacial score (nSPS) is 16.0. The van der Waals surface area contributed by atoms with Crippen molar-refractivity contribution in [3.8, 4) is 5.75 Å². The molecule has 1 aromatic heterocycles. The lowest BCUT2D eigenvalue weighted by Gasteiger charge is -2.26. The molecular formula is C18H30N4O2. The van der Waals surface area contributed by atoms with Gasteiger partial charge in [0.05, 0.1) is 12.7 Å². The fourth-order valence-electron chi connectivity index (χ4n) is 2.73. The number of aliphatic imine (C=N–C) groups is 1. The average Bonchev–Trinajstić information content (AvgIpc) is 2.64. The fourth-order valence-corrected chi connectivity index (χ4v) is 2.73. The molecule has 0 aromatic carbocycles. The van der Waals surface area contributed by atoms with Crippen molar-refractivity contribution in [1.29, 1.82) is 0 Å². The van der Waals surface area contributed by atoms with Crippen LogP contribution in [0.15, 0.2) is 29.5 Å². The van der Waals surface area contributed by atoms with Crippen LogP contribution in [-0.4, -0.2) is 62.3 Å². The Morgan fingerprint density at radius 1 is 1.46 bits per heavy atom. The van der Waals surface area contributed by atoms with Crippen LogP contribution >= 0.6 is 0 Å². The Kier molecular flexibility index (Phi) is 8.38. The number of nitrogens with zero attached hydrogens (tertiary/aromatic N) is 3. The summed E-state index contributed by atoms with van der Waals surface area (Å²) in [5.74, 6) is 2.50. The summed E-state index contributed by atoms with van der Waals surface area (Å²) in [6, 6.07) is 3.77. The molecule has 0 aliphatic carbocycles. The van der Waals surface area contributed by atoms with Crippen LogP contribution in [0.5, 0.6) is 5.75 Å². The second-order valence-corrected chi connectivity index (χ2v) is 6.04. The minimum Gasteiger partial charge on any atom is -0.490 e. The van der Waals surface area contributed by atoms with Gasteiger partial charge in [0.1, 0.15) is 12.4 Å². The summed E-state index contributed by atoms with van der Waals surface area (Å²) in [6.07, 6.45) is 7.01. The first-order valence-electron chi connectivity index (χ1n) is 8.89. The van der Waals surface area contributed by atoms with Gasteiger partial charge in [0.2, 0.25) is 0 Å². The maximum Gasteiger partial charge on any atom is 0.193 e. The molecule has 0 atom stereocenters. The molecule has 6 nitrogen and oxygen atoms in total. The lowest BCUT2D eigenvalue weighted by atomic mass is 9.96. The number of rotatable bonds is 8. The molecule has 0 bridgehead atoms. The van der Waals surface area contributed by atoms with Gasteiger partial charge in [-0.2, -0.15) is 0 Å². The lowest BCUT2D eigenvalue weighted by Crippen LogP contribution is -2.40. The summed E-state index contributed by atoms with van der Waals surface area (Å²) in [6.45, 7) is 6.97. The molecule has 0 saturated carbocycles. The van der Waals surface area contributed by atoms with E-state index in [-0.39, 0.29) is 0 Å². The quantitative estimate of drug-likeness (QED) is 0.448. The van der Waals surface area contributed by atoms with Gasteiger partial charge >= 0.3 is 0 Å². The van der Waals surface area contributed by atoms with Crippen LogP contribution in [0.3, 0.4) is 0 Å². The highest BCUT2D eigenvalue weighted by molar-refractivity contribution is 5.79. The SMILES string of the molecule is CCNC(=NCCOc1cccnc1)N(C)CCC1CCOCC1. The van der Waals surface area contributed by atoms with E-state index in [9.17, 15) is 0 Å². The minimum absolute atomic E-state index is 0.550. The third kappa shape index (κ3) is 6.74. The zero-order valence-corrected chi connectivity index (χ0v) is 14.9. The summed E-state index contributed by atoms with van der Waals surface area (Å²) in [4.78, 5) is 10.9. The molecule has 0 amide bonds. The molecule has 2 rings (SSSR count). The highest BCUT2D eigenvalue weighted by Crippen LogP contribution is 2.18. The Balaban J connectivity index is 1.73. The van der Waals surface area contributed by atoms with E-state index in [0.29, 0.717) is 13.2 Å². The molecule has 1 N–H and O–H groups in total. The van der Waals surface area contributed by atoms with Crippen molar-refractivity contribution in [2.75, 3.05) is 46.5 Å². The standard InChI is InChI=1S/C18H30N4O2/c1-3-20-18(21-10-14-24-17-5-4-9-19-15-17)22(2)11-6-16-7-12-23-13-8-16/h4-5,9,15-16H,3,6-8,10-14H2,1-2H3,(H,20,21). The van der Waals surface area contributed by atoms with Crippen LogP contribution in [0, 0.1) is 5.92 Å². The van der Waals surface area contributed by atoms with Crippen molar-refractivity contribution in [3.05, 3.63) is 24.5 Å². The van der Waals surface area contributed by atoms with E-state index in [4.69, 9.17) is 9.47 Å². The van der Waals surface area contributed by atoms with Gasteiger partial charge in [-0.25, -0.2) is 4.99 Å². The van der Waals surface area contributed by atoms with Crippen LogP contribution in [0.2, 0.25) is 0 Å². The number of hydrogen-bond donors (Lipinski definition) is 1. The Hall–Kier alpha value is -1.82. The summed E-state index contributed by atoms with van der Waals surface area (Å²) in [7, 11) is 2.10. The number of hydrogen-bond acceptors (Lipinski definition) is 4. The highest BCUT2D eigenvalue weighted by Gasteiger charge is 2.15. The summed E-state index contributed by atoms with van der Waals surface area (Å²) < 4.78 is 11.1. The van der Waals surface area contributed by atoms with Crippen LogP contribution in [-0.2, 0) is 4.74 Å². The van der Waals surface area contributed by atoms with Crippen LogP contribution in [0.25, 0.3) is 0 Å². The Labute approximate surface area is 145 Å². The lowest BCUT2D eigenvalue weighted by molar-refractivity contribution is 0.0625. The molecule has 1 saturated heterocycles. The van der Waals surface area contributed by atoms with Crippen LogP contribution in [0.1, 0.15) is 26.2 Å². The molecule has 0 spiro atoms. The van der Waals surface area contributed by atoms with Crippen molar-refractivity contribution in [1.82, 2.24) is 15.2 Å². The molecule has 6 heteroatoms. The monoisotopic (exact) mass is 334 g/mol. The van der Waals surface area contributed by atoms with Gasteiger partial charge in [-0.1, -0.05) is 0 Å². The minimum atomic E-state index is 0.550. The number of guanidine groups is 1. The van der Waals surface area contributed by atoms with Gasteiger partial charge in [-0.05, 0) is 44.2 Å². The van der Waals surface area contributed by atoms with Gasteiger partial charge in [0, 0.05) is 39.5 Å². The highest BCUT2D eigenvalue weighted by atomic mass is 16.5. The molecule has 0 unspecified atom stereocenters. The molecule has 1 aromatic rings. The van der Waals surface area contributed by atoms with Gasteiger partial charge < -0.3 is 19.7 Å². The molecule has 134 valence electrons. The van der Waals surface area contributed by atoms with Crippen molar-refractivity contribution < 1.29 is 9.47 Å². The Morgan fingerprint density at radius 2 is 2.29 bits per heavy atom. The van der Waals surface area contributed by atoms with Crippen molar-refractivity contribution in [2.45, 2.75) is 26.2 Å². The summed E-state index contributed by atoms with van der Waals surface area (Å²) in [5, 5.41) is 3.35. The number of pyridine rings is 1. The first-order valence-corrected chi connectivity index (χ1v) is 8.89. The van der Waals surface area contributed by atoms with Crippen LogP contribution < -0.4 is 10.1 Å². The van der Waals surface area contributed by atoms with Gasteiger partial charge in [-0.15, -0.1) is 0 Å². The smallest absolute Gasteiger partial charge is 0.193 e. The predicted octanol–water partition coefficient (Wildman–Crippen LogP) is 2.17. The number of ether oxygens (including phenoxy) is 2. The van der Waals surface area contributed by atoms with Crippen molar-refractivity contribution >= 4 is 5.96 Å². The van der Waals surface area contributed by atoms with E-state index >= 15 is 0 Å². The van der Waals surface area contributed by atoms with Gasteiger partial charge in [0.15, 0.2) is 5.96 Å². The summed E-state index contributed by atoms with van der Waals surface area (Å²) >= 11 is 0. The molecule has 2 heterocycles. The second kappa shape index (κ2) is 10.9. The van der Waals surface area contributed by atoms with E-state index in [1.165, 1.54) is 19.3 Å². The Bertz CT molecular complexity index is 475. The third-order valence-electron chi connectivity index (χ3n) is 4.17. The molecule has 1 fully saturated rings. The Morgan fingerprint density at radius 3 is 3.00 bits per heavy atom. The second-order valence-electron chi connectivity index (χ2n) is 6.04. The maximum absolute atomic E-state index is 5.64. The largest absolute Gasteiger partial charge is 0.490 e. The van der Waals surface area contributed by atoms with E-state index in [2.05, 4.69) is 34.2 Å². The zero-order chi connectivity index (χ0) is 17.0. The van der Waals surface area contributed by atoms with E-state index in [1.54, 1.807) is 12.4 Å². The topological polar surface area (TPSA) is 59.0 Å². The predicted molar refractivity (Wildman–Crippen MR) is 96.5 cm³/mol. The molecule has 1 aliphatic rings. The summed E-state index contributed by atoms with van der Waals surface area (Å²) in [5.41, 5.74) is 0. The maximum atomic E-state index is 5.64. The fraction of sp³-hybridized carbons (Fsp3) is 0.667. The van der Waals surface area contributed by atoms with Crippen molar-refractivity contribution in [3.63, 3.8) is 0 Å².